The zero-order chi connectivity index (χ0) is 12.8. The van der Waals surface area contributed by atoms with Crippen molar-refractivity contribution in [2.45, 2.75) is 25.8 Å². The molecule has 7 heteroatoms. The predicted octanol–water partition coefficient (Wildman–Crippen LogP) is 1.40. The van der Waals surface area contributed by atoms with E-state index in [0.29, 0.717) is 18.9 Å². The van der Waals surface area contributed by atoms with Crippen molar-refractivity contribution in [2.75, 3.05) is 20.3 Å². The number of methoxy groups -OCH3 is 1. The number of carbonyl (C=O) groups excluding carboxylic acids is 1. The van der Waals surface area contributed by atoms with E-state index in [1.807, 2.05) is 6.92 Å². The Bertz CT molecular complexity index is 381. The summed E-state index contributed by atoms with van der Waals surface area (Å²) in [7, 11) is 1.60. The van der Waals surface area contributed by atoms with Crippen LogP contribution in [-0.2, 0) is 15.4 Å². The van der Waals surface area contributed by atoms with E-state index in [2.05, 4.69) is 10.3 Å². The van der Waals surface area contributed by atoms with Crippen molar-refractivity contribution in [3.8, 4) is 0 Å². The average molecular weight is 262 g/mol. The Hall–Kier alpha value is -1.14. The molecular formula is C10H16ClN3O3. The second-order valence-electron chi connectivity index (χ2n) is 3.49. The first-order chi connectivity index (χ1) is 8.15. The zero-order valence-corrected chi connectivity index (χ0v) is 10.9. The lowest BCUT2D eigenvalue weighted by Crippen LogP contribution is -2.16. The van der Waals surface area contributed by atoms with Crippen LogP contribution in [0.5, 0.6) is 0 Å². The molecule has 0 N–H and O–H groups in total. The van der Waals surface area contributed by atoms with Crippen molar-refractivity contribution >= 4 is 17.6 Å². The topological polar surface area (TPSA) is 66.2 Å². The molecule has 0 bridgehead atoms. The lowest BCUT2D eigenvalue weighted by molar-refractivity contribution is 0.0518. The van der Waals surface area contributed by atoms with Gasteiger partial charge >= 0.3 is 5.97 Å². The van der Waals surface area contributed by atoms with Gasteiger partial charge in [0.15, 0.2) is 5.69 Å². The van der Waals surface area contributed by atoms with Crippen LogP contribution in [0.15, 0.2) is 0 Å². The van der Waals surface area contributed by atoms with E-state index in [9.17, 15) is 4.79 Å². The molecule has 6 nitrogen and oxygen atoms in total. The van der Waals surface area contributed by atoms with Crippen molar-refractivity contribution in [2.24, 2.45) is 0 Å². The molecule has 17 heavy (non-hydrogen) atoms. The highest BCUT2D eigenvalue weighted by molar-refractivity contribution is 6.17. The minimum Gasteiger partial charge on any atom is -0.461 e. The van der Waals surface area contributed by atoms with Crippen molar-refractivity contribution in [1.29, 1.82) is 0 Å². The standard InChI is InChI=1S/C10H16ClN3O3/c1-4-17-10(15)9-8(5-11)14(13-12-9)7(2)6-16-3/h7H,4-6H2,1-3H3. The minimum absolute atomic E-state index is 0.0376. The van der Waals surface area contributed by atoms with E-state index in [1.54, 1.807) is 18.7 Å². The van der Waals surface area contributed by atoms with Gasteiger partial charge in [0.05, 0.1) is 30.8 Å². The van der Waals surface area contributed by atoms with Gasteiger partial charge in [-0.25, -0.2) is 9.48 Å². The van der Waals surface area contributed by atoms with Gasteiger partial charge in [0.25, 0.3) is 0 Å². The van der Waals surface area contributed by atoms with Gasteiger partial charge in [-0.05, 0) is 13.8 Å². The fraction of sp³-hybridized carbons (Fsp3) is 0.700. The number of ether oxygens (including phenoxy) is 2. The molecule has 0 radical (unpaired) electrons. The molecule has 0 aliphatic heterocycles. The molecule has 1 aromatic rings. The Balaban J connectivity index is 2.98. The van der Waals surface area contributed by atoms with Gasteiger partial charge in [0, 0.05) is 7.11 Å². The van der Waals surface area contributed by atoms with Gasteiger partial charge in [0.1, 0.15) is 0 Å². The van der Waals surface area contributed by atoms with E-state index in [4.69, 9.17) is 21.1 Å². The quantitative estimate of drug-likeness (QED) is 0.572. The molecule has 1 unspecified atom stereocenters. The summed E-state index contributed by atoms with van der Waals surface area (Å²) in [5.74, 6) is -0.353. The number of halogens is 1. The van der Waals surface area contributed by atoms with Crippen LogP contribution in [0, 0.1) is 0 Å². The third-order valence-corrected chi connectivity index (χ3v) is 2.46. The molecule has 0 aromatic carbocycles. The summed E-state index contributed by atoms with van der Waals surface area (Å²) in [5, 5.41) is 7.72. The summed E-state index contributed by atoms with van der Waals surface area (Å²) in [5.41, 5.74) is 0.722. The highest BCUT2D eigenvalue weighted by Gasteiger charge is 2.22. The van der Waals surface area contributed by atoms with E-state index in [1.165, 1.54) is 0 Å². The summed E-state index contributed by atoms with van der Waals surface area (Å²) in [4.78, 5) is 11.6. The number of hydrogen-bond donors (Lipinski definition) is 0. The molecule has 0 aliphatic rings. The Morgan fingerprint density at radius 1 is 1.59 bits per heavy atom. The number of aromatic nitrogens is 3. The van der Waals surface area contributed by atoms with Crippen LogP contribution in [-0.4, -0.2) is 41.3 Å². The fourth-order valence-corrected chi connectivity index (χ4v) is 1.71. The maximum Gasteiger partial charge on any atom is 0.360 e. The molecule has 0 saturated heterocycles. The van der Waals surface area contributed by atoms with Crippen molar-refractivity contribution < 1.29 is 14.3 Å². The van der Waals surface area contributed by atoms with Gasteiger partial charge in [-0.2, -0.15) is 0 Å². The van der Waals surface area contributed by atoms with Crippen molar-refractivity contribution in [1.82, 2.24) is 15.0 Å². The van der Waals surface area contributed by atoms with E-state index in [0.717, 1.165) is 0 Å². The van der Waals surface area contributed by atoms with Crippen LogP contribution >= 0.6 is 11.6 Å². The summed E-state index contributed by atoms with van der Waals surface area (Å²) >= 11 is 5.82. The van der Waals surface area contributed by atoms with Crippen molar-refractivity contribution in [3.05, 3.63) is 11.4 Å². The zero-order valence-electron chi connectivity index (χ0n) is 10.1. The lowest BCUT2D eigenvalue weighted by Gasteiger charge is -2.12. The second-order valence-corrected chi connectivity index (χ2v) is 3.76. The molecule has 96 valence electrons. The Morgan fingerprint density at radius 3 is 2.82 bits per heavy atom. The predicted molar refractivity (Wildman–Crippen MR) is 62.1 cm³/mol. The third-order valence-electron chi connectivity index (χ3n) is 2.21. The molecule has 0 aliphatic carbocycles. The SMILES string of the molecule is CCOC(=O)c1nnn(C(C)COC)c1CCl. The fourth-order valence-electron chi connectivity index (χ4n) is 1.46. The smallest absolute Gasteiger partial charge is 0.360 e. The van der Waals surface area contributed by atoms with Gasteiger partial charge in [-0.1, -0.05) is 5.21 Å². The molecule has 1 atom stereocenters. The Labute approximate surface area is 105 Å². The van der Waals surface area contributed by atoms with E-state index >= 15 is 0 Å². The summed E-state index contributed by atoms with van der Waals surface area (Å²) in [6.07, 6.45) is 0. The summed E-state index contributed by atoms with van der Waals surface area (Å²) in [6.45, 7) is 4.40. The maximum atomic E-state index is 11.6. The maximum absolute atomic E-state index is 11.6. The number of esters is 1. The van der Waals surface area contributed by atoms with Crippen LogP contribution in [0.25, 0.3) is 0 Å². The number of carbonyl (C=O) groups is 1. The van der Waals surface area contributed by atoms with Gasteiger partial charge in [-0.15, -0.1) is 16.7 Å². The molecule has 1 heterocycles. The van der Waals surface area contributed by atoms with Crippen LogP contribution < -0.4 is 0 Å². The summed E-state index contributed by atoms with van der Waals surface area (Å²) < 4.78 is 11.5. The first-order valence-electron chi connectivity index (χ1n) is 5.31. The largest absolute Gasteiger partial charge is 0.461 e. The normalized spacial score (nSPS) is 12.5. The van der Waals surface area contributed by atoms with Crippen LogP contribution in [0.2, 0.25) is 0 Å². The van der Waals surface area contributed by atoms with E-state index in [-0.39, 0.29) is 17.6 Å². The first-order valence-corrected chi connectivity index (χ1v) is 5.85. The number of hydrogen-bond acceptors (Lipinski definition) is 5. The molecule has 1 aromatic heterocycles. The van der Waals surface area contributed by atoms with Gasteiger partial charge in [0.2, 0.25) is 0 Å². The molecule has 0 fully saturated rings. The highest BCUT2D eigenvalue weighted by atomic mass is 35.5. The second kappa shape index (κ2) is 6.56. The Morgan fingerprint density at radius 2 is 2.29 bits per heavy atom. The molecule has 0 saturated carbocycles. The molecule has 0 spiro atoms. The average Bonchev–Trinajstić information content (AvgIpc) is 2.73. The lowest BCUT2D eigenvalue weighted by atomic mass is 10.3. The molecular weight excluding hydrogens is 246 g/mol. The van der Waals surface area contributed by atoms with Crippen LogP contribution in [0.3, 0.4) is 0 Å². The van der Waals surface area contributed by atoms with Gasteiger partial charge in [-0.3, -0.25) is 0 Å². The first kappa shape index (κ1) is 13.9. The number of nitrogens with zero attached hydrogens (tertiary/aromatic N) is 3. The van der Waals surface area contributed by atoms with Gasteiger partial charge < -0.3 is 9.47 Å². The monoisotopic (exact) mass is 261 g/mol. The summed E-state index contributed by atoms with van der Waals surface area (Å²) in [6, 6.07) is -0.0376. The molecule has 0 amide bonds. The van der Waals surface area contributed by atoms with E-state index < -0.39 is 5.97 Å². The van der Waals surface area contributed by atoms with Crippen LogP contribution in [0.1, 0.15) is 36.1 Å². The Kier molecular flexibility index (Phi) is 5.37. The highest BCUT2D eigenvalue weighted by Crippen LogP contribution is 2.15. The number of alkyl halides is 1. The minimum atomic E-state index is -0.501. The third kappa shape index (κ3) is 3.17. The number of rotatable bonds is 6. The molecule has 1 rings (SSSR count). The van der Waals surface area contributed by atoms with Crippen molar-refractivity contribution in [3.63, 3.8) is 0 Å². The van der Waals surface area contributed by atoms with Crippen LogP contribution in [0.4, 0.5) is 0 Å².